The third-order valence-electron chi connectivity index (χ3n) is 3.37. The van der Waals surface area contributed by atoms with Crippen LogP contribution in [0.25, 0.3) is 0 Å². The number of ether oxygens (including phenoxy) is 1. The number of aromatic nitrogens is 1. The number of nitrogens with zero attached hydrogens (tertiary/aromatic N) is 1. The summed E-state index contributed by atoms with van der Waals surface area (Å²) in [6.45, 7) is 2.82. The van der Waals surface area contributed by atoms with Crippen LogP contribution in [0.4, 0.5) is 0 Å². The van der Waals surface area contributed by atoms with Crippen LogP contribution in [-0.4, -0.2) is 11.6 Å². The Morgan fingerprint density at radius 3 is 2.94 bits per heavy atom. The monoisotopic (exact) mass is 235 g/mol. The zero-order valence-electron chi connectivity index (χ0n) is 10.4. The maximum absolute atomic E-state index is 5.65. The van der Waals surface area contributed by atoms with Gasteiger partial charge in [0.05, 0.1) is 18.8 Å². The summed E-state index contributed by atoms with van der Waals surface area (Å²) in [6.07, 6.45) is 8.44. The van der Waals surface area contributed by atoms with E-state index in [4.69, 9.17) is 10.6 Å². The van der Waals surface area contributed by atoms with Crippen molar-refractivity contribution in [1.82, 2.24) is 10.4 Å². The van der Waals surface area contributed by atoms with Gasteiger partial charge in [-0.15, -0.1) is 0 Å². The molecule has 1 fully saturated rings. The molecule has 94 valence electrons. The molecule has 4 nitrogen and oxygen atoms in total. The lowest BCUT2D eigenvalue weighted by Gasteiger charge is -2.33. The zero-order chi connectivity index (χ0) is 12.1. The van der Waals surface area contributed by atoms with E-state index in [1.807, 2.05) is 12.3 Å². The van der Waals surface area contributed by atoms with E-state index in [-0.39, 0.29) is 6.04 Å². The molecule has 0 aromatic carbocycles. The van der Waals surface area contributed by atoms with Crippen molar-refractivity contribution >= 4 is 0 Å². The van der Waals surface area contributed by atoms with Crippen LogP contribution < -0.4 is 16.0 Å². The molecule has 0 spiro atoms. The molecular formula is C13H21N3O. The van der Waals surface area contributed by atoms with Crippen molar-refractivity contribution in [1.29, 1.82) is 0 Å². The minimum Gasteiger partial charge on any atom is -0.492 e. The highest BCUT2D eigenvalue weighted by Gasteiger charge is 2.28. The van der Waals surface area contributed by atoms with Crippen LogP contribution in [0.2, 0.25) is 0 Å². The van der Waals surface area contributed by atoms with Gasteiger partial charge in [-0.05, 0) is 36.8 Å². The molecule has 17 heavy (non-hydrogen) atoms. The summed E-state index contributed by atoms with van der Waals surface area (Å²) in [6, 6.07) is 2.26. The molecule has 0 bridgehead atoms. The topological polar surface area (TPSA) is 60.2 Å². The van der Waals surface area contributed by atoms with Crippen LogP contribution in [-0.2, 0) is 0 Å². The quantitative estimate of drug-likeness (QED) is 0.586. The van der Waals surface area contributed by atoms with Gasteiger partial charge in [0.1, 0.15) is 5.75 Å². The number of hydrogen-bond donors (Lipinski definition) is 2. The van der Waals surface area contributed by atoms with E-state index >= 15 is 0 Å². The van der Waals surface area contributed by atoms with Crippen molar-refractivity contribution in [2.75, 3.05) is 6.61 Å². The molecule has 1 aromatic rings. The van der Waals surface area contributed by atoms with Gasteiger partial charge in [0.2, 0.25) is 0 Å². The van der Waals surface area contributed by atoms with Crippen molar-refractivity contribution in [3.8, 4) is 5.75 Å². The van der Waals surface area contributed by atoms with E-state index in [9.17, 15) is 0 Å². The molecule has 0 radical (unpaired) electrons. The van der Waals surface area contributed by atoms with Crippen molar-refractivity contribution in [2.45, 2.75) is 38.6 Å². The summed E-state index contributed by atoms with van der Waals surface area (Å²) in [7, 11) is 0. The highest BCUT2D eigenvalue weighted by atomic mass is 16.5. The second kappa shape index (κ2) is 5.98. The van der Waals surface area contributed by atoms with Gasteiger partial charge in [0.15, 0.2) is 0 Å². The molecule has 1 atom stereocenters. The molecule has 0 aliphatic heterocycles. The third-order valence-corrected chi connectivity index (χ3v) is 3.37. The Morgan fingerprint density at radius 1 is 1.53 bits per heavy atom. The molecule has 2 rings (SSSR count). The lowest BCUT2D eigenvalue weighted by atomic mass is 9.78. The number of nitrogens with two attached hydrogens (primary N) is 1. The van der Waals surface area contributed by atoms with E-state index < -0.39 is 0 Å². The molecule has 3 N–H and O–H groups in total. The Bertz CT molecular complexity index is 352. The first kappa shape index (κ1) is 12.3. The maximum atomic E-state index is 5.65. The predicted molar refractivity (Wildman–Crippen MR) is 67.4 cm³/mol. The normalized spacial score (nSPS) is 17.5. The molecule has 1 aliphatic rings. The number of hydrazine groups is 1. The minimum absolute atomic E-state index is 0.210. The predicted octanol–water partition coefficient (Wildman–Crippen LogP) is 2.17. The van der Waals surface area contributed by atoms with Crippen LogP contribution in [0.5, 0.6) is 5.75 Å². The van der Waals surface area contributed by atoms with Gasteiger partial charge in [-0.1, -0.05) is 13.3 Å². The van der Waals surface area contributed by atoms with E-state index in [0.29, 0.717) is 5.92 Å². The van der Waals surface area contributed by atoms with Crippen molar-refractivity contribution in [3.05, 3.63) is 24.0 Å². The van der Waals surface area contributed by atoms with Gasteiger partial charge in [0, 0.05) is 6.20 Å². The second-order valence-electron chi connectivity index (χ2n) is 4.64. The second-order valence-corrected chi connectivity index (χ2v) is 4.64. The summed E-state index contributed by atoms with van der Waals surface area (Å²) in [5.74, 6) is 7.13. The van der Waals surface area contributed by atoms with Gasteiger partial charge in [-0.3, -0.25) is 16.3 Å². The van der Waals surface area contributed by atoms with Gasteiger partial charge in [-0.25, -0.2) is 0 Å². The first-order chi connectivity index (χ1) is 8.35. The van der Waals surface area contributed by atoms with Crippen LogP contribution in [0, 0.1) is 5.92 Å². The Morgan fingerprint density at radius 2 is 2.35 bits per heavy atom. The highest BCUT2D eigenvalue weighted by molar-refractivity contribution is 5.26. The average molecular weight is 235 g/mol. The Hall–Kier alpha value is -1.13. The lowest BCUT2D eigenvalue weighted by molar-refractivity contribution is 0.231. The first-order valence-electron chi connectivity index (χ1n) is 6.39. The third kappa shape index (κ3) is 2.96. The summed E-state index contributed by atoms with van der Waals surface area (Å²) in [4.78, 5) is 4.23. The lowest BCUT2D eigenvalue weighted by Crippen LogP contribution is -2.36. The van der Waals surface area contributed by atoms with Crippen molar-refractivity contribution in [3.63, 3.8) is 0 Å². The molecular weight excluding hydrogens is 214 g/mol. The summed E-state index contributed by atoms with van der Waals surface area (Å²) >= 11 is 0. The highest BCUT2D eigenvalue weighted by Crippen LogP contribution is 2.37. The number of pyridine rings is 1. The fraction of sp³-hybridized carbons (Fsp3) is 0.615. The molecule has 1 heterocycles. The van der Waals surface area contributed by atoms with Crippen molar-refractivity contribution < 1.29 is 4.74 Å². The molecule has 1 saturated carbocycles. The standard InChI is InChI=1S/C13H21N3O/c1-2-6-17-12-7-11(8-15-9-12)13(16-14)10-4-3-5-10/h7-10,13,16H,2-6,14H2,1H3. The van der Waals surface area contributed by atoms with Crippen LogP contribution in [0.15, 0.2) is 18.5 Å². The maximum Gasteiger partial charge on any atom is 0.137 e. The first-order valence-corrected chi connectivity index (χ1v) is 6.39. The number of hydrogen-bond acceptors (Lipinski definition) is 4. The number of rotatable bonds is 6. The number of nitrogens with one attached hydrogen (secondary N) is 1. The average Bonchev–Trinajstić information content (AvgIpc) is 2.31. The van der Waals surface area contributed by atoms with Gasteiger partial charge < -0.3 is 4.74 Å². The fourth-order valence-corrected chi connectivity index (χ4v) is 2.18. The van der Waals surface area contributed by atoms with E-state index in [2.05, 4.69) is 17.3 Å². The van der Waals surface area contributed by atoms with E-state index in [1.54, 1.807) is 6.20 Å². The SMILES string of the molecule is CCCOc1cncc(C(NN)C2CCC2)c1. The summed E-state index contributed by atoms with van der Waals surface area (Å²) in [5.41, 5.74) is 4.04. The fourth-order valence-electron chi connectivity index (χ4n) is 2.18. The van der Waals surface area contributed by atoms with Crippen LogP contribution >= 0.6 is 0 Å². The smallest absolute Gasteiger partial charge is 0.137 e. The molecule has 1 aromatic heterocycles. The van der Waals surface area contributed by atoms with Gasteiger partial charge in [-0.2, -0.15) is 0 Å². The van der Waals surface area contributed by atoms with Crippen LogP contribution in [0.1, 0.15) is 44.2 Å². The van der Waals surface area contributed by atoms with Crippen LogP contribution in [0.3, 0.4) is 0 Å². The van der Waals surface area contributed by atoms with E-state index in [1.165, 1.54) is 19.3 Å². The summed E-state index contributed by atoms with van der Waals surface area (Å²) < 4.78 is 5.59. The Kier molecular flexibility index (Phi) is 4.34. The molecule has 1 aliphatic carbocycles. The Labute approximate surface area is 103 Å². The van der Waals surface area contributed by atoms with Gasteiger partial charge in [0.25, 0.3) is 0 Å². The Balaban J connectivity index is 2.07. The van der Waals surface area contributed by atoms with Gasteiger partial charge >= 0.3 is 0 Å². The largest absolute Gasteiger partial charge is 0.492 e. The zero-order valence-corrected chi connectivity index (χ0v) is 10.4. The van der Waals surface area contributed by atoms with E-state index in [0.717, 1.165) is 24.3 Å². The molecule has 0 saturated heterocycles. The summed E-state index contributed by atoms with van der Waals surface area (Å²) in [5, 5.41) is 0. The molecule has 4 heteroatoms. The van der Waals surface area contributed by atoms with Crippen molar-refractivity contribution in [2.24, 2.45) is 11.8 Å². The molecule has 0 amide bonds. The minimum atomic E-state index is 0.210. The molecule has 1 unspecified atom stereocenters.